The number of halogens is 4. The number of methoxy groups -OCH3 is 1. The first-order valence-corrected chi connectivity index (χ1v) is 10.4. The van der Waals surface area contributed by atoms with Crippen LogP contribution in [0.2, 0.25) is 0 Å². The number of H-pyrrole nitrogens is 1. The maximum atomic E-state index is 14.5. The number of alkyl halides is 3. The van der Waals surface area contributed by atoms with Crippen molar-refractivity contribution >= 4 is 22.6 Å². The van der Waals surface area contributed by atoms with E-state index in [9.17, 15) is 17.6 Å². The van der Waals surface area contributed by atoms with Crippen LogP contribution < -0.4 is 10.1 Å². The minimum Gasteiger partial charge on any atom is -0.480 e. The number of nitrogens with one attached hydrogen (secondary N) is 2. The number of pyridine rings is 1. The number of fused-ring (bicyclic) bond motifs is 2. The van der Waals surface area contributed by atoms with Crippen LogP contribution in [-0.2, 0) is 4.74 Å². The Bertz CT molecular complexity index is 1290. The van der Waals surface area contributed by atoms with Crippen LogP contribution in [0.4, 0.5) is 23.5 Å². The molecule has 12 heteroatoms. The molecule has 4 heterocycles. The number of aromatic amines is 1. The molecule has 0 unspecified atom stereocenters. The summed E-state index contributed by atoms with van der Waals surface area (Å²) in [7, 11) is 1.47. The standard InChI is InChI=1S/C21H20F4N6O2/c1-32-19-16-14(11-8-15(22)18-26-6-7-31(18)10-11)9-27-17(16)29-20(30-19)28-12-2-4-13(5-3-12)33-21(23,24)25/h6-10,12-13H,2-5H2,1H3,(H2,27,28,29,30)/t12-,13+. The molecule has 1 aliphatic rings. The summed E-state index contributed by atoms with van der Waals surface area (Å²) in [6, 6.07) is 1.30. The molecule has 0 aromatic carbocycles. The van der Waals surface area contributed by atoms with Crippen molar-refractivity contribution in [2.45, 2.75) is 44.2 Å². The molecule has 1 aliphatic carbocycles. The molecule has 4 aromatic rings. The summed E-state index contributed by atoms with van der Waals surface area (Å²) < 4.78 is 62.9. The maximum Gasteiger partial charge on any atom is 0.522 e. The first-order chi connectivity index (χ1) is 15.8. The van der Waals surface area contributed by atoms with E-state index in [1.54, 1.807) is 23.0 Å². The zero-order chi connectivity index (χ0) is 23.2. The van der Waals surface area contributed by atoms with Crippen molar-refractivity contribution in [1.29, 1.82) is 0 Å². The fourth-order valence-corrected chi connectivity index (χ4v) is 4.27. The number of ether oxygens (including phenoxy) is 2. The predicted molar refractivity (Wildman–Crippen MR) is 111 cm³/mol. The van der Waals surface area contributed by atoms with Gasteiger partial charge in [-0.3, -0.25) is 4.74 Å². The van der Waals surface area contributed by atoms with Gasteiger partial charge in [0, 0.05) is 42.0 Å². The van der Waals surface area contributed by atoms with Crippen LogP contribution in [0.25, 0.3) is 27.8 Å². The van der Waals surface area contributed by atoms with Gasteiger partial charge in [-0.2, -0.15) is 9.97 Å². The minimum atomic E-state index is -4.62. The highest BCUT2D eigenvalue weighted by molar-refractivity contribution is 5.97. The molecule has 0 saturated heterocycles. The molecule has 0 aliphatic heterocycles. The molecule has 1 fully saturated rings. The van der Waals surface area contributed by atoms with Gasteiger partial charge in [0.25, 0.3) is 0 Å². The molecule has 0 amide bonds. The van der Waals surface area contributed by atoms with Crippen molar-refractivity contribution in [3.05, 3.63) is 36.7 Å². The number of hydrogen-bond acceptors (Lipinski definition) is 6. The molecule has 0 spiro atoms. The van der Waals surface area contributed by atoms with Gasteiger partial charge in [0.15, 0.2) is 11.5 Å². The van der Waals surface area contributed by atoms with Crippen molar-refractivity contribution in [2.24, 2.45) is 0 Å². The zero-order valence-electron chi connectivity index (χ0n) is 17.5. The quantitative estimate of drug-likeness (QED) is 0.417. The highest BCUT2D eigenvalue weighted by Gasteiger charge is 2.35. The van der Waals surface area contributed by atoms with Crippen LogP contribution in [0.3, 0.4) is 0 Å². The highest BCUT2D eigenvalue weighted by atomic mass is 19.4. The first-order valence-electron chi connectivity index (χ1n) is 10.4. The average molecular weight is 464 g/mol. The molecule has 2 N–H and O–H groups in total. The largest absolute Gasteiger partial charge is 0.522 e. The molecule has 174 valence electrons. The first kappa shape index (κ1) is 21.4. The van der Waals surface area contributed by atoms with Crippen molar-refractivity contribution in [1.82, 2.24) is 24.3 Å². The van der Waals surface area contributed by atoms with Gasteiger partial charge in [-0.05, 0) is 31.7 Å². The van der Waals surface area contributed by atoms with E-state index in [0.29, 0.717) is 46.8 Å². The van der Waals surface area contributed by atoms with E-state index in [1.807, 2.05) is 0 Å². The van der Waals surface area contributed by atoms with Gasteiger partial charge in [-0.25, -0.2) is 9.37 Å². The Labute approximate surface area is 185 Å². The Morgan fingerprint density at radius 3 is 2.70 bits per heavy atom. The van der Waals surface area contributed by atoms with Crippen LogP contribution in [0, 0.1) is 5.82 Å². The van der Waals surface area contributed by atoms with E-state index < -0.39 is 18.3 Å². The molecule has 4 aromatic heterocycles. The van der Waals surface area contributed by atoms with Crippen molar-refractivity contribution in [3.8, 4) is 17.0 Å². The maximum absolute atomic E-state index is 14.5. The zero-order valence-corrected chi connectivity index (χ0v) is 17.5. The summed E-state index contributed by atoms with van der Waals surface area (Å²) in [5, 5.41) is 3.77. The van der Waals surface area contributed by atoms with E-state index in [-0.39, 0.29) is 24.5 Å². The number of rotatable bonds is 5. The third-order valence-electron chi connectivity index (χ3n) is 5.75. The summed E-state index contributed by atoms with van der Waals surface area (Å²) >= 11 is 0. The molecule has 33 heavy (non-hydrogen) atoms. The lowest BCUT2D eigenvalue weighted by molar-refractivity contribution is -0.345. The number of aromatic nitrogens is 5. The van der Waals surface area contributed by atoms with Gasteiger partial charge in [-0.15, -0.1) is 13.2 Å². The minimum absolute atomic E-state index is 0.0904. The summed E-state index contributed by atoms with van der Waals surface area (Å²) in [4.78, 5) is 16.0. The van der Waals surface area contributed by atoms with E-state index in [2.05, 4.69) is 30.0 Å². The van der Waals surface area contributed by atoms with E-state index in [0.717, 1.165) is 0 Å². The molecule has 0 radical (unpaired) electrons. The molecular weight excluding hydrogens is 444 g/mol. The van der Waals surface area contributed by atoms with Gasteiger partial charge in [0.2, 0.25) is 11.8 Å². The van der Waals surface area contributed by atoms with Crippen LogP contribution in [0.15, 0.2) is 30.9 Å². The predicted octanol–water partition coefficient (Wildman–Crippen LogP) is 4.68. The second-order valence-electron chi connectivity index (χ2n) is 7.90. The third kappa shape index (κ3) is 4.30. The number of imidazole rings is 1. The Hall–Kier alpha value is -3.41. The Morgan fingerprint density at radius 1 is 1.18 bits per heavy atom. The summed E-state index contributed by atoms with van der Waals surface area (Å²) in [5.41, 5.74) is 1.96. The molecule has 0 bridgehead atoms. The topological polar surface area (TPSA) is 89.4 Å². The fraction of sp³-hybridized carbons (Fsp3) is 0.381. The Kier molecular flexibility index (Phi) is 5.31. The van der Waals surface area contributed by atoms with Crippen molar-refractivity contribution in [2.75, 3.05) is 12.4 Å². The second-order valence-corrected chi connectivity index (χ2v) is 7.90. The number of anilines is 1. The Morgan fingerprint density at radius 2 is 1.97 bits per heavy atom. The van der Waals surface area contributed by atoms with Crippen LogP contribution in [-0.4, -0.2) is 50.0 Å². The van der Waals surface area contributed by atoms with Gasteiger partial charge in [0.05, 0.1) is 18.6 Å². The number of hydrogen-bond donors (Lipinski definition) is 2. The summed E-state index contributed by atoms with van der Waals surface area (Å²) in [6.45, 7) is 0. The molecule has 8 nitrogen and oxygen atoms in total. The van der Waals surface area contributed by atoms with E-state index in [4.69, 9.17) is 4.74 Å². The second kappa shape index (κ2) is 8.18. The third-order valence-corrected chi connectivity index (χ3v) is 5.75. The van der Waals surface area contributed by atoms with Crippen molar-refractivity contribution < 1.29 is 27.0 Å². The lowest BCUT2D eigenvalue weighted by Crippen LogP contribution is -2.33. The van der Waals surface area contributed by atoms with Crippen molar-refractivity contribution in [3.63, 3.8) is 0 Å². The van der Waals surface area contributed by atoms with Gasteiger partial charge in [0.1, 0.15) is 5.65 Å². The fourth-order valence-electron chi connectivity index (χ4n) is 4.27. The molecular formula is C21H20F4N6O2. The van der Waals surface area contributed by atoms with E-state index >= 15 is 0 Å². The highest BCUT2D eigenvalue weighted by Crippen LogP contribution is 2.35. The number of nitrogens with zero attached hydrogens (tertiary/aromatic N) is 4. The van der Waals surface area contributed by atoms with Crippen LogP contribution in [0.1, 0.15) is 25.7 Å². The smallest absolute Gasteiger partial charge is 0.480 e. The van der Waals surface area contributed by atoms with Gasteiger partial charge < -0.3 is 19.4 Å². The molecule has 1 saturated carbocycles. The van der Waals surface area contributed by atoms with Crippen LogP contribution in [0.5, 0.6) is 5.88 Å². The van der Waals surface area contributed by atoms with Gasteiger partial charge >= 0.3 is 6.36 Å². The molecule has 5 rings (SSSR count). The lowest BCUT2D eigenvalue weighted by atomic mass is 9.93. The lowest BCUT2D eigenvalue weighted by Gasteiger charge is -2.29. The van der Waals surface area contributed by atoms with Gasteiger partial charge in [-0.1, -0.05) is 0 Å². The average Bonchev–Trinajstić information content (AvgIpc) is 3.41. The van der Waals surface area contributed by atoms with Crippen LogP contribution >= 0.6 is 0 Å². The summed E-state index contributed by atoms with van der Waals surface area (Å²) in [5.74, 6) is 0.123. The SMILES string of the molecule is COc1nc(N[C@H]2CC[C@@H](OC(F)(F)F)CC2)nc2[nH]cc(-c3cc(F)c4nccn4c3)c12. The molecule has 0 atom stereocenters. The van der Waals surface area contributed by atoms with E-state index in [1.165, 1.54) is 19.4 Å². The Balaban J connectivity index is 1.39. The monoisotopic (exact) mass is 464 g/mol. The normalized spacial score (nSPS) is 19.3. The summed E-state index contributed by atoms with van der Waals surface area (Å²) in [6.07, 6.45) is 2.71.